The van der Waals surface area contributed by atoms with Gasteiger partial charge in [0.2, 0.25) is 5.95 Å². The van der Waals surface area contributed by atoms with E-state index >= 15 is 0 Å². The lowest BCUT2D eigenvalue weighted by molar-refractivity contribution is -0.132. The van der Waals surface area contributed by atoms with Crippen LogP contribution in [0.2, 0.25) is 0 Å². The molecule has 34 heavy (non-hydrogen) atoms. The summed E-state index contributed by atoms with van der Waals surface area (Å²) in [4.78, 5) is 23.3. The molecular formula is C27H26N4O3. The lowest BCUT2D eigenvalue weighted by Gasteiger charge is -2.15. The molecule has 0 unspecified atom stereocenters. The number of benzene rings is 3. The monoisotopic (exact) mass is 454 g/mol. The van der Waals surface area contributed by atoms with Crippen LogP contribution in [0.4, 0.5) is 11.6 Å². The maximum absolute atomic E-state index is 12.2. The van der Waals surface area contributed by atoms with Gasteiger partial charge < -0.3 is 19.7 Å². The van der Waals surface area contributed by atoms with Gasteiger partial charge in [-0.3, -0.25) is 4.79 Å². The molecule has 1 aromatic heterocycles. The smallest absolute Gasteiger partial charge is 0.260 e. The van der Waals surface area contributed by atoms with Crippen molar-refractivity contribution >= 4 is 28.4 Å². The Balaban J connectivity index is 1.30. The number of nitrogens with zero attached hydrogens (tertiary/aromatic N) is 3. The number of rotatable bonds is 7. The fourth-order valence-corrected chi connectivity index (χ4v) is 4.09. The van der Waals surface area contributed by atoms with Crippen LogP contribution in [-0.4, -0.2) is 47.6 Å². The van der Waals surface area contributed by atoms with Crippen LogP contribution in [0.1, 0.15) is 12.8 Å². The summed E-state index contributed by atoms with van der Waals surface area (Å²) in [5, 5.41) is 4.22. The van der Waals surface area contributed by atoms with E-state index in [1.54, 1.807) is 7.11 Å². The minimum absolute atomic E-state index is 0.0388. The van der Waals surface area contributed by atoms with Gasteiger partial charge in [-0.2, -0.15) is 0 Å². The van der Waals surface area contributed by atoms with E-state index in [9.17, 15) is 4.79 Å². The van der Waals surface area contributed by atoms with Crippen molar-refractivity contribution in [2.24, 2.45) is 0 Å². The van der Waals surface area contributed by atoms with Gasteiger partial charge in [-0.1, -0.05) is 30.3 Å². The molecule has 0 bridgehead atoms. The molecule has 7 nitrogen and oxygen atoms in total. The Kier molecular flexibility index (Phi) is 6.25. The number of carbonyl (C=O) groups excluding carboxylic acids is 1. The van der Waals surface area contributed by atoms with Gasteiger partial charge in [-0.05, 0) is 54.8 Å². The Hall–Kier alpha value is -4.13. The largest absolute Gasteiger partial charge is 0.497 e. The number of nitrogens with one attached hydrogen (secondary N) is 1. The zero-order valence-corrected chi connectivity index (χ0v) is 19.0. The molecule has 172 valence electrons. The fraction of sp³-hybridized carbons (Fsp3) is 0.222. The number of para-hydroxylation sites is 1. The molecule has 1 amide bonds. The molecule has 1 saturated heterocycles. The first-order valence-corrected chi connectivity index (χ1v) is 11.4. The second-order valence-corrected chi connectivity index (χ2v) is 8.19. The highest BCUT2D eigenvalue weighted by Gasteiger charge is 2.18. The number of carbonyl (C=O) groups is 1. The molecule has 3 aromatic carbocycles. The van der Waals surface area contributed by atoms with Gasteiger partial charge >= 0.3 is 0 Å². The SMILES string of the molecule is COc1ccc(-c2cccc3cnc(Nc4ccc(OCC(=O)N5CCCC5)cc4)nc23)cc1. The van der Waals surface area contributed by atoms with E-state index in [2.05, 4.69) is 16.4 Å². The second kappa shape index (κ2) is 9.79. The highest BCUT2D eigenvalue weighted by Crippen LogP contribution is 2.29. The summed E-state index contributed by atoms with van der Waals surface area (Å²) in [6, 6.07) is 21.4. The topological polar surface area (TPSA) is 76.6 Å². The number of ether oxygens (including phenoxy) is 2. The molecule has 0 aliphatic carbocycles. The number of likely N-dealkylation sites (tertiary alicyclic amines) is 1. The molecule has 2 heterocycles. The number of fused-ring (bicyclic) bond motifs is 1. The maximum Gasteiger partial charge on any atom is 0.260 e. The first kappa shape index (κ1) is 21.7. The average molecular weight is 455 g/mol. The summed E-state index contributed by atoms with van der Waals surface area (Å²) in [7, 11) is 1.66. The first-order valence-electron chi connectivity index (χ1n) is 11.4. The van der Waals surface area contributed by atoms with Crippen molar-refractivity contribution in [3.8, 4) is 22.6 Å². The van der Waals surface area contributed by atoms with Crippen LogP contribution < -0.4 is 14.8 Å². The molecule has 1 N–H and O–H groups in total. The van der Waals surface area contributed by atoms with E-state index in [-0.39, 0.29) is 12.5 Å². The number of methoxy groups -OCH3 is 1. The molecule has 1 aliphatic rings. The third-order valence-electron chi connectivity index (χ3n) is 5.94. The standard InChI is InChI=1S/C27H26N4O3/c1-33-22-11-7-19(8-12-22)24-6-4-5-20-17-28-27(30-26(20)24)29-21-9-13-23(14-10-21)34-18-25(32)31-15-2-3-16-31/h4-14,17H,2-3,15-16,18H2,1H3,(H,28,29,30). The molecule has 0 radical (unpaired) electrons. The van der Waals surface area contributed by atoms with Crippen LogP contribution in [-0.2, 0) is 4.79 Å². The zero-order chi connectivity index (χ0) is 23.3. The van der Waals surface area contributed by atoms with Crippen molar-refractivity contribution in [2.75, 3.05) is 32.1 Å². The summed E-state index contributed by atoms with van der Waals surface area (Å²) in [5.41, 5.74) is 3.78. The predicted molar refractivity (Wildman–Crippen MR) is 133 cm³/mol. The Bertz CT molecular complexity index is 1280. The summed E-state index contributed by atoms with van der Waals surface area (Å²) >= 11 is 0. The van der Waals surface area contributed by atoms with Crippen LogP contribution in [0.15, 0.2) is 72.9 Å². The maximum atomic E-state index is 12.2. The van der Waals surface area contributed by atoms with Gasteiger partial charge in [0, 0.05) is 35.9 Å². The molecule has 1 aliphatic heterocycles. The Morgan fingerprint density at radius 1 is 0.971 bits per heavy atom. The number of hydrogen-bond acceptors (Lipinski definition) is 6. The molecular weight excluding hydrogens is 428 g/mol. The van der Waals surface area contributed by atoms with E-state index in [0.717, 1.165) is 59.4 Å². The number of hydrogen-bond donors (Lipinski definition) is 1. The van der Waals surface area contributed by atoms with E-state index in [4.69, 9.17) is 14.5 Å². The molecule has 0 saturated carbocycles. The van der Waals surface area contributed by atoms with Crippen LogP contribution in [0.5, 0.6) is 11.5 Å². The van der Waals surface area contributed by atoms with E-state index < -0.39 is 0 Å². The molecule has 4 aromatic rings. The van der Waals surface area contributed by atoms with Gasteiger partial charge in [0.15, 0.2) is 6.61 Å². The third kappa shape index (κ3) is 4.78. The van der Waals surface area contributed by atoms with Crippen molar-refractivity contribution in [3.05, 3.63) is 72.9 Å². The number of anilines is 2. The highest BCUT2D eigenvalue weighted by atomic mass is 16.5. The third-order valence-corrected chi connectivity index (χ3v) is 5.94. The molecule has 1 fully saturated rings. The van der Waals surface area contributed by atoms with Crippen LogP contribution >= 0.6 is 0 Å². The van der Waals surface area contributed by atoms with Gasteiger partial charge in [0.25, 0.3) is 5.91 Å². The van der Waals surface area contributed by atoms with Crippen molar-refractivity contribution < 1.29 is 14.3 Å². The van der Waals surface area contributed by atoms with Gasteiger partial charge in [0.05, 0.1) is 12.6 Å². The number of aromatic nitrogens is 2. The average Bonchev–Trinajstić information content (AvgIpc) is 3.43. The summed E-state index contributed by atoms with van der Waals surface area (Å²) < 4.78 is 10.9. The fourth-order valence-electron chi connectivity index (χ4n) is 4.09. The van der Waals surface area contributed by atoms with E-state index in [1.807, 2.05) is 71.8 Å². The van der Waals surface area contributed by atoms with Crippen molar-refractivity contribution in [1.29, 1.82) is 0 Å². The van der Waals surface area contributed by atoms with E-state index in [1.165, 1.54) is 0 Å². The second-order valence-electron chi connectivity index (χ2n) is 8.19. The summed E-state index contributed by atoms with van der Waals surface area (Å²) in [6.45, 7) is 1.72. The lowest BCUT2D eigenvalue weighted by Crippen LogP contribution is -2.32. The molecule has 0 spiro atoms. The van der Waals surface area contributed by atoms with Crippen LogP contribution in [0.3, 0.4) is 0 Å². The van der Waals surface area contributed by atoms with Gasteiger partial charge in [-0.25, -0.2) is 9.97 Å². The normalized spacial score (nSPS) is 13.1. The molecule has 0 atom stereocenters. The quantitative estimate of drug-likeness (QED) is 0.421. The summed E-state index contributed by atoms with van der Waals surface area (Å²) in [6.07, 6.45) is 3.97. The number of amides is 1. The minimum atomic E-state index is 0.0388. The van der Waals surface area contributed by atoms with Gasteiger partial charge in [-0.15, -0.1) is 0 Å². The first-order chi connectivity index (χ1) is 16.7. The minimum Gasteiger partial charge on any atom is -0.497 e. The summed E-state index contributed by atoms with van der Waals surface area (Å²) in [5.74, 6) is 2.01. The van der Waals surface area contributed by atoms with Crippen molar-refractivity contribution in [3.63, 3.8) is 0 Å². The molecule has 5 rings (SSSR count). The Morgan fingerprint density at radius 3 is 2.44 bits per heavy atom. The Morgan fingerprint density at radius 2 is 1.71 bits per heavy atom. The molecule has 7 heteroatoms. The van der Waals surface area contributed by atoms with Crippen molar-refractivity contribution in [2.45, 2.75) is 12.8 Å². The Labute approximate surface area is 198 Å². The van der Waals surface area contributed by atoms with Crippen LogP contribution in [0, 0.1) is 0 Å². The van der Waals surface area contributed by atoms with Crippen LogP contribution in [0.25, 0.3) is 22.0 Å². The van der Waals surface area contributed by atoms with Crippen molar-refractivity contribution in [1.82, 2.24) is 14.9 Å². The van der Waals surface area contributed by atoms with E-state index in [0.29, 0.717) is 11.7 Å². The van der Waals surface area contributed by atoms with Gasteiger partial charge in [0.1, 0.15) is 11.5 Å². The predicted octanol–water partition coefficient (Wildman–Crippen LogP) is 5.05. The highest BCUT2D eigenvalue weighted by molar-refractivity contribution is 5.94. The zero-order valence-electron chi connectivity index (χ0n) is 19.0. The lowest BCUT2D eigenvalue weighted by atomic mass is 10.0.